The number of sulfonamides is 1. The van der Waals surface area contributed by atoms with Gasteiger partial charge in [0.25, 0.3) is 10.0 Å². The molecule has 2 N–H and O–H groups in total. The van der Waals surface area contributed by atoms with Gasteiger partial charge in [-0.05, 0) is 35.7 Å². The van der Waals surface area contributed by atoms with E-state index < -0.39 is 21.7 Å². The van der Waals surface area contributed by atoms with Gasteiger partial charge in [0.1, 0.15) is 27.3 Å². The minimum Gasteiger partial charge on any atom is -0.335 e. The van der Waals surface area contributed by atoms with Crippen molar-refractivity contribution in [2.45, 2.75) is 4.21 Å². The highest BCUT2D eigenvalue weighted by molar-refractivity contribution is 7.94. The lowest BCUT2D eigenvalue weighted by molar-refractivity contribution is 0.590. The normalized spacial score (nSPS) is 11.2. The minimum atomic E-state index is -3.67. The Hall–Kier alpha value is -2.52. The lowest BCUT2D eigenvalue weighted by atomic mass is 10.3. The van der Waals surface area contributed by atoms with E-state index in [1.165, 1.54) is 30.5 Å². The third kappa shape index (κ3) is 3.52. The van der Waals surface area contributed by atoms with Crippen molar-refractivity contribution in [3.8, 4) is 0 Å². The smallest absolute Gasteiger partial charge is 0.271 e. The maximum atomic E-state index is 13.6. The van der Waals surface area contributed by atoms with Gasteiger partial charge in [0.15, 0.2) is 0 Å². The van der Waals surface area contributed by atoms with Crippen LogP contribution in [-0.4, -0.2) is 13.4 Å². The molecule has 3 aromatic rings. The Morgan fingerprint density at radius 1 is 1.00 bits per heavy atom. The summed E-state index contributed by atoms with van der Waals surface area (Å²) < 4.78 is 53.9. The van der Waals surface area contributed by atoms with E-state index in [2.05, 4.69) is 15.0 Å². The zero-order valence-corrected chi connectivity index (χ0v) is 13.7. The van der Waals surface area contributed by atoms with E-state index >= 15 is 0 Å². The Balaban J connectivity index is 1.77. The number of thiophene rings is 1. The number of anilines is 3. The molecule has 1 aromatic carbocycles. The van der Waals surface area contributed by atoms with Gasteiger partial charge in [-0.3, -0.25) is 4.72 Å². The van der Waals surface area contributed by atoms with Gasteiger partial charge >= 0.3 is 0 Å². The zero-order chi connectivity index (χ0) is 17.2. The average molecular weight is 367 g/mol. The molecular weight excluding hydrogens is 356 g/mol. The van der Waals surface area contributed by atoms with Gasteiger partial charge in [-0.15, -0.1) is 11.3 Å². The number of hydrogen-bond donors (Lipinski definition) is 2. The highest BCUT2D eigenvalue weighted by Gasteiger charge is 2.15. The molecule has 5 nitrogen and oxygen atoms in total. The van der Waals surface area contributed by atoms with Crippen molar-refractivity contribution >= 4 is 38.6 Å². The molecule has 0 aliphatic carbocycles. The summed E-state index contributed by atoms with van der Waals surface area (Å²) >= 11 is 1.09. The first kappa shape index (κ1) is 16.3. The molecule has 0 aliphatic heterocycles. The maximum absolute atomic E-state index is 13.6. The summed E-state index contributed by atoms with van der Waals surface area (Å²) in [5.41, 5.74) is -0.0835. The molecule has 0 spiro atoms. The molecule has 0 radical (unpaired) electrons. The van der Waals surface area contributed by atoms with E-state index in [0.717, 1.165) is 23.5 Å². The predicted molar refractivity (Wildman–Crippen MR) is 89.0 cm³/mol. The fraction of sp³-hybridized carbons (Fsp3) is 0. The van der Waals surface area contributed by atoms with Crippen LogP contribution < -0.4 is 10.0 Å². The van der Waals surface area contributed by atoms with E-state index in [1.54, 1.807) is 11.4 Å². The van der Waals surface area contributed by atoms with Crippen molar-refractivity contribution in [1.82, 2.24) is 4.98 Å². The number of pyridine rings is 1. The molecule has 3 rings (SSSR count). The Bertz CT molecular complexity index is 923. The highest BCUT2D eigenvalue weighted by Crippen LogP contribution is 2.24. The Morgan fingerprint density at radius 2 is 1.75 bits per heavy atom. The van der Waals surface area contributed by atoms with Crippen LogP contribution in [-0.2, 0) is 10.0 Å². The Kier molecular flexibility index (Phi) is 4.45. The molecule has 124 valence electrons. The minimum absolute atomic E-state index is 0.179. The molecule has 0 fully saturated rings. The molecule has 0 amide bonds. The fourth-order valence-corrected chi connectivity index (χ4v) is 3.93. The Morgan fingerprint density at radius 3 is 2.33 bits per heavy atom. The number of aromatic nitrogens is 1. The number of rotatable bonds is 5. The van der Waals surface area contributed by atoms with Crippen LogP contribution in [0.1, 0.15) is 0 Å². The first-order chi connectivity index (χ1) is 11.5. The first-order valence-corrected chi connectivity index (χ1v) is 9.05. The van der Waals surface area contributed by atoms with Gasteiger partial charge in [-0.2, -0.15) is 0 Å². The third-order valence-electron chi connectivity index (χ3n) is 2.99. The number of hydrogen-bond acceptors (Lipinski definition) is 5. The van der Waals surface area contributed by atoms with Gasteiger partial charge in [-0.25, -0.2) is 22.2 Å². The van der Waals surface area contributed by atoms with Crippen LogP contribution in [0.3, 0.4) is 0 Å². The second-order valence-electron chi connectivity index (χ2n) is 4.69. The van der Waals surface area contributed by atoms with Gasteiger partial charge in [-0.1, -0.05) is 12.1 Å². The Labute approximate surface area is 141 Å². The molecular formula is C15H11F2N3O2S2. The summed E-state index contributed by atoms with van der Waals surface area (Å²) in [5.74, 6) is -1.32. The van der Waals surface area contributed by atoms with Crippen LogP contribution in [0.25, 0.3) is 0 Å². The van der Waals surface area contributed by atoms with E-state index in [4.69, 9.17) is 0 Å². The lowest BCUT2D eigenvalue weighted by Crippen LogP contribution is -2.11. The van der Waals surface area contributed by atoms with Gasteiger partial charge in [0.2, 0.25) is 0 Å². The molecule has 0 bridgehead atoms. The van der Waals surface area contributed by atoms with Crippen molar-refractivity contribution in [3.05, 3.63) is 65.7 Å². The van der Waals surface area contributed by atoms with E-state index in [1.807, 2.05) is 0 Å². The van der Waals surface area contributed by atoms with Crippen LogP contribution in [0.4, 0.5) is 26.0 Å². The van der Waals surface area contributed by atoms with Crippen molar-refractivity contribution in [2.24, 2.45) is 0 Å². The molecule has 2 heterocycles. The van der Waals surface area contributed by atoms with Crippen molar-refractivity contribution in [1.29, 1.82) is 0 Å². The topological polar surface area (TPSA) is 71.1 Å². The van der Waals surface area contributed by atoms with Gasteiger partial charge < -0.3 is 5.32 Å². The molecule has 0 unspecified atom stereocenters. The molecule has 9 heteroatoms. The first-order valence-electron chi connectivity index (χ1n) is 6.69. The number of benzene rings is 1. The second kappa shape index (κ2) is 6.54. The van der Waals surface area contributed by atoms with Gasteiger partial charge in [0, 0.05) is 0 Å². The molecule has 0 saturated heterocycles. The second-order valence-corrected chi connectivity index (χ2v) is 7.55. The van der Waals surface area contributed by atoms with Crippen molar-refractivity contribution < 1.29 is 17.2 Å². The van der Waals surface area contributed by atoms with E-state index in [9.17, 15) is 17.2 Å². The molecule has 24 heavy (non-hydrogen) atoms. The summed E-state index contributed by atoms with van der Waals surface area (Å²) in [6.07, 6.45) is 1.26. The van der Waals surface area contributed by atoms with Crippen LogP contribution in [0.15, 0.2) is 58.3 Å². The largest absolute Gasteiger partial charge is 0.335 e. The van der Waals surface area contributed by atoms with Crippen LogP contribution in [0.5, 0.6) is 0 Å². The average Bonchev–Trinajstić information content (AvgIpc) is 3.08. The maximum Gasteiger partial charge on any atom is 0.271 e. The molecule has 0 saturated carbocycles. The summed E-state index contributed by atoms with van der Waals surface area (Å²) in [6.45, 7) is 0. The summed E-state index contributed by atoms with van der Waals surface area (Å²) in [4.78, 5) is 3.95. The van der Waals surface area contributed by atoms with Crippen molar-refractivity contribution in [3.63, 3.8) is 0 Å². The third-order valence-corrected chi connectivity index (χ3v) is 5.77. The van der Waals surface area contributed by atoms with Crippen LogP contribution >= 0.6 is 11.3 Å². The van der Waals surface area contributed by atoms with Crippen molar-refractivity contribution in [2.75, 3.05) is 10.0 Å². The quantitative estimate of drug-likeness (QED) is 0.716. The van der Waals surface area contributed by atoms with E-state index in [-0.39, 0.29) is 21.4 Å². The zero-order valence-electron chi connectivity index (χ0n) is 12.0. The monoisotopic (exact) mass is 367 g/mol. The molecule has 2 aromatic heterocycles. The van der Waals surface area contributed by atoms with Crippen LogP contribution in [0, 0.1) is 11.6 Å². The number of para-hydroxylation sites is 1. The number of nitrogens with one attached hydrogen (secondary N) is 2. The predicted octanol–water partition coefficient (Wildman–Crippen LogP) is 3.97. The molecule has 0 atom stereocenters. The molecule has 0 aliphatic rings. The lowest BCUT2D eigenvalue weighted by Gasteiger charge is -2.09. The SMILES string of the molecule is O=S(=O)(Nc1ccc(Nc2c(F)cccc2F)nc1)c1cccs1. The summed E-state index contributed by atoms with van der Waals surface area (Å²) in [7, 11) is -3.67. The number of halogens is 2. The van der Waals surface area contributed by atoms with E-state index in [0.29, 0.717) is 0 Å². The summed E-state index contributed by atoms with van der Waals surface area (Å²) in [5, 5.41) is 4.18. The van der Waals surface area contributed by atoms with Gasteiger partial charge in [0.05, 0.1) is 11.9 Å². The highest BCUT2D eigenvalue weighted by atomic mass is 32.2. The summed E-state index contributed by atoms with van der Waals surface area (Å²) in [6, 6.07) is 9.47. The fourth-order valence-electron chi connectivity index (χ4n) is 1.90. The number of nitrogens with zero attached hydrogens (tertiary/aromatic N) is 1. The standard InChI is InChI=1S/C15H11F2N3O2S2/c16-11-3-1-4-12(17)15(11)19-13-7-6-10(9-18-13)20-24(21,22)14-5-2-8-23-14/h1-9,20H,(H,18,19). The van der Waals surface area contributed by atoms with Crippen LogP contribution in [0.2, 0.25) is 0 Å².